The van der Waals surface area contributed by atoms with Gasteiger partial charge in [-0.2, -0.15) is 5.26 Å². The van der Waals surface area contributed by atoms with Gasteiger partial charge in [-0.3, -0.25) is 9.69 Å². The minimum absolute atomic E-state index is 0.0417. The molecule has 0 spiro atoms. The lowest BCUT2D eigenvalue weighted by atomic mass is 10.1. The van der Waals surface area contributed by atoms with E-state index in [4.69, 9.17) is 15.1 Å². The van der Waals surface area contributed by atoms with Crippen LogP contribution in [0.15, 0.2) is 0 Å². The van der Waals surface area contributed by atoms with Crippen molar-refractivity contribution in [3.05, 3.63) is 0 Å². The van der Waals surface area contributed by atoms with Gasteiger partial charge in [0.05, 0.1) is 31.2 Å². The summed E-state index contributed by atoms with van der Waals surface area (Å²) in [4.78, 5) is 12.4. The lowest BCUT2D eigenvalue weighted by molar-refractivity contribution is -0.138. The molecule has 0 radical (unpaired) electrons. The number of rotatable bonds is 5. The quantitative estimate of drug-likeness (QED) is 0.752. The molecular formula is C11H18N2O3. The van der Waals surface area contributed by atoms with Crippen LogP contribution < -0.4 is 0 Å². The molecule has 1 atom stereocenters. The highest BCUT2D eigenvalue weighted by molar-refractivity contribution is 5.66. The molecule has 16 heavy (non-hydrogen) atoms. The zero-order valence-electron chi connectivity index (χ0n) is 9.56. The van der Waals surface area contributed by atoms with Gasteiger partial charge in [0.1, 0.15) is 0 Å². The van der Waals surface area contributed by atoms with Gasteiger partial charge in [0.2, 0.25) is 0 Å². The average molecular weight is 226 g/mol. The smallest absolute Gasteiger partial charge is 0.305 e. The molecule has 0 amide bonds. The number of carbonyl (C=O) groups is 1. The fourth-order valence-corrected chi connectivity index (χ4v) is 1.82. The number of nitriles is 1. The van der Waals surface area contributed by atoms with Crippen molar-refractivity contribution in [2.75, 3.05) is 19.7 Å². The maximum Gasteiger partial charge on any atom is 0.305 e. The molecule has 5 heteroatoms. The van der Waals surface area contributed by atoms with Crippen LogP contribution in [0.3, 0.4) is 0 Å². The first-order valence-corrected chi connectivity index (χ1v) is 5.60. The summed E-state index contributed by atoms with van der Waals surface area (Å²) < 4.78 is 5.47. The van der Waals surface area contributed by atoms with Gasteiger partial charge in [-0.25, -0.2) is 0 Å². The second-order valence-electron chi connectivity index (χ2n) is 4.05. The highest BCUT2D eigenvalue weighted by atomic mass is 16.5. The number of piperidine rings is 1. The van der Waals surface area contributed by atoms with E-state index in [0.29, 0.717) is 0 Å². The molecule has 1 fully saturated rings. The molecule has 0 aromatic heterocycles. The number of hydrogen-bond donors (Lipinski definition) is 1. The van der Waals surface area contributed by atoms with Crippen LogP contribution in [0.1, 0.15) is 26.2 Å². The molecule has 1 aliphatic rings. The first-order chi connectivity index (χ1) is 7.63. The molecule has 0 aliphatic carbocycles. The van der Waals surface area contributed by atoms with Gasteiger partial charge in [-0.15, -0.1) is 0 Å². The third-order valence-electron chi connectivity index (χ3n) is 2.88. The van der Waals surface area contributed by atoms with Crippen LogP contribution in [-0.2, 0) is 9.53 Å². The molecule has 90 valence electrons. The van der Waals surface area contributed by atoms with Crippen LogP contribution in [0.4, 0.5) is 0 Å². The molecule has 1 aliphatic heterocycles. The number of hydrogen-bond acceptors (Lipinski definition) is 4. The summed E-state index contributed by atoms with van der Waals surface area (Å²) in [5, 5.41) is 17.2. The number of ether oxygens (including phenoxy) is 1. The zero-order chi connectivity index (χ0) is 12.0. The Bertz CT molecular complexity index is 267. The number of carboxylic acid groups (broad SMARTS) is 1. The van der Waals surface area contributed by atoms with Crippen LogP contribution in [0, 0.1) is 11.3 Å². The van der Waals surface area contributed by atoms with Crippen molar-refractivity contribution in [2.24, 2.45) is 0 Å². The molecule has 1 heterocycles. The number of likely N-dealkylation sites (tertiary alicyclic amines) is 1. The first-order valence-electron chi connectivity index (χ1n) is 5.60. The minimum atomic E-state index is -0.824. The topological polar surface area (TPSA) is 73.6 Å². The van der Waals surface area contributed by atoms with E-state index in [1.54, 1.807) is 0 Å². The maximum atomic E-state index is 10.3. The summed E-state index contributed by atoms with van der Waals surface area (Å²) in [7, 11) is 0. The van der Waals surface area contributed by atoms with Crippen molar-refractivity contribution in [1.82, 2.24) is 4.90 Å². The van der Waals surface area contributed by atoms with Gasteiger partial charge >= 0.3 is 5.97 Å². The van der Waals surface area contributed by atoms with E-state index in [9.17, 15) is 4.79 Å². The van der Waals surface area contributed by atoms with Crippen molar-refractivity contribution >= 4 is 5.97 Å². The van der Waals surface area contributed by atoms with E-state index in [1.807, 2.05) is 6.92 Å². The normalized spacial score (nSPS) is 20.2. The SMILES string of the molecule is CC(C#N)N1CCC(OCCC(=O)O)CC1. The van der Waals surface area contributed by atoms with Crippen LogP contribution in [-0.4, -0.2) is 47.8 Å². The average Bonchev–Trinajstić information content (AvgIpc) is 2.28. The molecule has 0 saturated carbocycles. The number of carboxylic acids is 1. The molecule has 1 unspecified atom stereocenters. The molecule has 0 aromatic rings. The second-order valence-corrected chi connectivity index (χ2v) is 4.05. The van der Waals surface area contributed by atoms with E-state index >= 15 is 0 Å². The first kappa shape index (κ1) is 12.9. The molecular weight excluding hydrogens is 208 g/mol. The third-order valence-corrected chi connectivity index (χ3v) is 2.88. The standard InChI is InChI=1S/C11H18N2O3/c1-9(8-12)13-5-2-10(3-6-13)16-7-4-11(14)15/h9-10H,2-7H2,1H3,(H,14,15). The minimum Gasteiger partial charge on any atom is -0.481 e. The predicted molar refractivity (Wildman–Crippen MR) is 57.9 cm³/mol. The highest BCUT2D eigenvalue weighted by Gasteiger charge is 2.22. The van der Waals surface area contributed by atoms with Crippen molar-refractivity contribution in [3.63, 3.8) is 0 Å². The van der Waals surface area contributed by atoms with E-state index in [0.717, 1.165) is 25.9 Å². The second kappa shape index (κ2) is 6.46. The van der Waals surface area contributed by atoms with Crippen molar-refractivity contribution in [3.8, 4) is 6.07 Å². The van der Waals surface area contributed by atoms with E-state index in [1.165, 1.54) is 0 Å². The number of nitrogens with zero attached hydrogens (tertiary/aromatic N) is 2. The fraction of sp³-hybridized carbons (Fsp3) is 0.818. The highest BCUT2D eigenvalue weighted by Crippen LogP contribution is 2.15. The Balaban J connectivity index is 2.17. The maximum absolute atomic E-state index is 10.3. The summed E-state index contributed by atoms with van der Waals surface area (Å²) in [5.74, 6) is -0.824. The summed E-state index contributed by atoms with van der Waals surface area (Å²) in [6, 6.07) is 2.17. The van der Waals surface area contributed by atoms with Gasteiger partial charge in [0, 0.05) is 13.1 Å². The van der Waals surface area contributed by atoms with Gasteiger partial charge < -0.3 is 9.84 Å². The third kappa shape index (κ3) is 4.17. The van der Waals surface area contributed by atoms with Gasteiger partial charge in [-0.05, 0) is 19.8 Å². The fourth-order valence-electron chi connectivity index (χ4n) is 1.82. The largest absolute Gasteiger partial charge is 0.481 e. The van der Waals surface area contributed by atoms with Gasteiger partial charge in [0.15, 0.2) is 0 Å². The molecule has 5 nitrogen and oxygen atoms in total. The summed E-state index contributed by atoms with van der Waals surface area (Å²) in [5.41, 5.74) is 0. The van der Waals surface area contributed by atoms with Gasteiger partial charge in [-0.1, -0.05) is 0 Å². The van der Waals surface area contributed by atoms with Crippen molar-refractivity contribution in [2.45, 2.75) is 38.3 Å². The predicted octanol–water partition coefficient (Wildman–Crippen LogP) is 0.854. The summed E-state index contributed by atoms with van der Waals surface area (Å²) in [6.07, 6.45) is 1.98. The monoisotopic (exact) mass is 226 g/mol. The van der Waals surface area contributed by atoms with Crippen molar-refractivity contribution in [1.29, 1.82) is 5.26 Å². The Labute approximate surface area is 95.6 Å². The summed E-state index contributed by atoms with van der Waals surface area (Å²) in [6.45, 7) is 3.89. The van der Waals surface area contributed by atoms with Crippen LogP contribution in [0.25, 0.3) is 0 Å². The Kier molecular flexibility index (Phi) is 5.23. The van der Waals surface area contributed by atoms with Crippen LogP contribution >= 0.6 is 0 Å². The van der Waals surface area contributed by atoms with Crippen molar-refractivity contribution < 1.29 is 14.6 Å². The lowest BCUT2D eigenvalue weighted by Crippen LogP contribution is -2.41. The van der Waals surface area contributed by atoms with E-state index in [2.05, 4.69) is 11.0 Å². The molecule has 1 saturated heterocycles. The molecule has 0 aromatic carbocycles. The van der Waals surface area contributed by atoms with E-state index in [-0.39, 0.29) is 25.2 Å². The lowest BCUT2D eigenvalue weighted by Gasteiger charge is -2.33. The number of aliphatic carboxylic acids is 1. The molecule has 0 bridgehead atoms. The summed E-state index contributed by atoms with van der Waals surface area (Å²) >= 11 is 0. The zero-order valence-corrected chi connectivity index (χ0v) is 9.56. The Morgan fingerprint density at radius 1 is 1.62 bits per heavy atom. The Morgan fingerprint density at radius 3 is 2.75 bits per heavy atom. The van der Waals surface area contributed by atoms with Crippen LogP contribution in [0.2, 0.25) is 0 Å². The Morgan fingerprint density at radius 2 is 2.25 bits per heavy atom. The Hall–Kier alpha value is -1.12. The van der Waals surface area contributed by atoms with E-state index < -0.39 is 5.97 Å². The van der Waals surface area contributed by atoms with Gasteiger partial charge in [0.25, 0.3) is 0 Å². The van der Waals surface area contributed by atoms with Crippen LogP contribution in [0.5, 0.6) is 0 Å². The molecule has 1 N–H and O–H groups in total. The molecule has 1 rings (SSSR count).